The SMILES string of the molecule is CO[Si](CC[Si]1(C)O[SiH](C)O[Si](C)(CCCOCC(C)O)O[SiH](C)O1)(OC)OC. The second-order valence-corrected chi connectivity index (χ2v) is 22.4. The van der Waals surface area contributed by atoms with Gasteiger partial charge in [-0.05, 0) is 51.6 Å². The summed E-state index contributed by atoms with van der Waals surface area (Å²) < 4.78 is 47.8. The fourth-order valence-electron chi connectivity index (χ4n) is 3.43. The Morgan fingerprint density at radius 3 is 1.76 bits per heavy atom. The Morgan fingerprint density at radius 1 is 0.897 bits per heavy atom. The van der Waals surface area contributed by atoms with E-state index in [1.807, 2.05) is 13.1 Å². The molecule has 0 amide bonds. The highest BCUT2D eigenvalue weighted by Gasteiger charge is 2.48. The summed E-state index contributed by atoms with van der Waals surface area (Å²) in [6, 6.07) is 2.16. The summed E-state index contributed by atoms with van der Waals surface area (Å²) in [5.74, 6) is 0. The van der Waals surface area contributed by atoms with Crippen molar-refractivity contribution in [3.05, 3.63) is 0 Å². The molecule has 0 aromatic carbocycles. The Morgan fingerprint density at radius 2 is 1.34 bits per heavy atom. The molecule has 0 aromatic heterocycles. The predicted octanol–water partition coefficient (Wildman–Crippen LogP) is 1.58. The number of aliphatic hydroxyl groups excluding tert-OH is 1. The normalized spacial score (nSPS) is 32.6. The Bertz CT molecular complexity index is 447. The van der Waals surface area contributed by atoms with Crippen LogP contribution in [0, 0.1) is 0 Å². The van der Waals surface area contributed by atoms with Crippen molar-refractivity contribution in [1.29, 1.82) is 0 Å². The van der Waals surface area contributed by atoms with Crippen molar-refractivity contribution in [2.75, 3.05) is 34.5 Å². The zero-order valence-corrected chi connectivity index (χ0v) is 24.5. The van der Waals surface area contributed by atoms with Crippen molar-refractivity contribution in [3.63, 3.8) is 0 Å². The summed E-state index contributed by atoms with van der Waals surface area (Å²) in [5, 5.41) is 9.27. The van der Waals surface area contributed by atoms with Gasteiger partial charge in [0.05, 0.1) is 12.7 Å². The van der Waals surface area contributed by atoms with E-state index in [4.69, 9.17) is 34.5 Å². The quantitative estimate of drug-likeness (QED) is 0.314. The summed E-state index contributed by atoms with van der Waals surface area (Å²) in [6.45, 7) is 10.9. The lowest BCUT2D eigenvalue weighted by Crippen LogP contribution is -2.58. The van der Waals surface area contributed by atoms with E-state index in [0.717, 1.165) is 12.5 Å². The van der Waals surface area contributed by atoms with Gasteiger partial charge in [0, 0.05) is 34.0 Å². The molecule has 1 fully saturated rings. The predicted molar refractivity (Wildman–Crippen MR) is 122 cm³/mol. The molecule has 0 radical (unpaired) electrons. The fourth-order valence-corrected chi connectivity index (χ4v) is 24.2. The lowest BCUT2D eigenvalue weighted by Gasteiger charge is -2.42. The van der Waals surface area contributed by atoms with E-state index in [-0.39, 0.29) is 0 Å². The van der Waals surface area contributed by atoms with E-state index in [1.54, 1.807) is 28.3 Å². The van der Waals surface area contributed by atoms with Gasteiger partial charge in [0.1, 0.15) is 0 Å². The van der Waals surface area contributed by atoms with Crippen LogP contribution in [0.5, 0.6) is 0 Å². The van der Waals surface area contributed by atoms with Crippen molar-refractivity contribution < 1.29 is 39.6 Å². The molecule has 3 atom stereocenters. The first-order valence-electron chi connectivity index (χ1n) is 10.1. The highest BCUT2D eigenvalue weighted by molar-refractivity contribution is 6.85. The van der Waals surface area contributed by atoms with Crippen molar-refractivity contribution in [3.8, 4) is 0 Å². The minimum Gasteiger partial charge on any atom is -0.418 e. The topological polar surface area (TPSA) is 94.1 Å². The van der Waals surface area contributed by atoms with E-state index in [0.29, 0.717) is 25.3 Å². The van der Waals surface area contributed by atoms with Crippen LogP contribution in [0.25, 0.3) is 0 Å². The number of aliphatic hydroxyl groups is 1. The third-order valence-electron chi connectivity index (χ3n) is 4.76. The maximum Gasteiger partial charge on any atom is 0.500 e. The van der Waals surface area contributed by atoms with Gasteiger partial charge in [-0.1, -0.05) is 0 Å². The fraction of sp³-hybridized carbons (Fsp3) is 1.00. The van der Waals surface area contributed by atoms with Crippen LogP contribution in [-0.2, 0) is 34.5 Å². The number of hydrogen-bond acceptors (Lipinski definition) is 9. The van der Waals surface area contributed by atoms with Crippen LogP contribution in [0.1, 0.15) is 13.3 Å². The maximum absolute atomic E-state index is 9.27. The first-order valence-corrected chi connectivity index (χ1v) is 21.3. The minimum absolute atomic E-state index is 0.349. The Labute approximate surface area is 182 Å². The molecule has 1 heterocycles. The molecule has 1 saturated heterocycles. The molecule has 29 heavy (non-hydrogen) atoms. The van der Waals surface area contributed by atoms with E-state index in [1.165, 1.54) is 0 Å². The van der Waals surface area contributed by atoms with Gasteiger partial charge in [0.2, 0.25) is 0 Å². The maximum atomic E-state index is 9.27. The second-order valence-electron chi connectivity index (χ2n) is 7.70. The molecule has 0 spiro atoms. The van der Waals surface area contributed by atoms with Gasteiger partial charge >= 0.3 is 44.5 Å². The molecule has 0 aromatic rings. The molecule has 1 aliphatic heterocycles. The molecule has 1 N–H and O–H groups in total. The van der Waals surface area contributed by atoms with Crippen molar-refractivity contribution in [1.82, 2.24) is 0 Å². The van der Waals surface area contributed by atoms with Gasteiger partial charge in [-0.15, -0.1) is 0 Å². The van der Waals surface area contributed by atoms with Crippen molar-refractivity contribution in [2.24, 2.45) is 0 Å². The lowest BCUT2D eigenvalue weighted by atomic mass is 10.4. The van der Waals surface area contributed by atoms with Gasteiger partial charge in [-0.25, -0.2) is 0 Å². The van der Waals surface area contributed by atoms with Crippen LogP contribution in [0.3, 0.4) is 0 Å². The Hall–Kier alpha value is 0.724. The summed E-state index contributed by atoms with van der Waals surface area (Å²) >= 11 is 0. The smallest absolute Gasteiger partial charge is 0.418 e. The molecule has 174 valence electrons. The highest BCUT2D eigenvalue weighted by atomic mass is 28.5. The third-order valence-corrected chi connectivity index (χ3v) is 23.7. The molecule has 0 bridgehead atoms. The van der Waals surface area contributed by atoms with Gasteiger partial charge in [-0.3, -0.25) is 0 Å². The largest absolute Gasteiger partial charge is 0.500 e. The van der Waals surface area contributed by atoms with Crippen LogP contribution in [0.2, 0.25) is 44.3 Å². The summed E-state index contributed by atoms with van der Waals surface area (Å²) in [5.41, 5.74) is 0. The molecular weight excluding hydrogens is 465 g/mol. The Balaban J connectivity index is 2.67. The van der Waals surface area contributed by atoms with Crippen molar-refractivity contribution >= 4 is 44.5 Å². The van der Waals surface area contributed by atoms with Gasteiger partial charge < -0.3 is 39.6 Å². The standard InChI is InChI=1S/C15H40O9Si5/c1-15(16)14-20-10-9-11-27(7)21-25(5)23-28(8,24-26(6)22-27)12-13-29(17-2,18-3)19-4/h15-16,25-26H,9-14H2,1-8H3. The van der Waals surface area contributed by atoms with Crippen LogP contribution in [0.15, 0.2) is 0 Å². The van der Waals surface area contributed by atoms with Crippen LogP contribution < -0.4 is 0 Å². The Kier molecular flexibility index (Phi) is 12.1. The monoisotopic (exact) mass is 504 g/mol. The van der Waals surface area contributed by atoms with Gasteiger partial charge in [-0.2, -0.15) is 0 Å². The summed E-state index contributed by atoms with van der Waals surface area (Å²) in [6.07, 6.45) is 0.382. The van der Waals surface area contributed by atoms with Crippen LogP contribution >= 0.6 is 0 Å². The number of rotatable bonds is 12. The minimum atomic E-state index is -2.68. The third kappa shape index (κ3) is 9.81. The average molecular weight is 505 g/mol. The average Bonchev–Trinajstić information content (AvgIpc) is 2.61. The molecule has 9 nitrogen and oxygen atoms in total. The molecule has 0 aliphatic carbocycles. The zero-order chi connectivity index (χ0) is 22.1. The number of hydrogen-bond donors (Lipinski definition) is 1. The van der Waals surface area contributed by atoms with E-state index < -0.39 is 50.6 Å². The van der Waals surface area contributed by atoms with E-state index >= 15 is 0 Å². The number of ether oxygens (including phenoxy) is 1. The van der Waals surface area contributed by atoms with Crippen LogP contribution in [0.4, 0.5) is 0 Å². The lowest BCUT2D eigenvalue weighted by molar-refractivity contribution is 0.0461. The zero-order valence-electron chi connectivity index (χ0n) is 19.2. The van der Waals surface area contributed by atoms with Crippen LogP contribution in [-0.4, -0.2) is 90.2 Å². The first kappa shape index (κ1) is 27.8. The second kappa shape index (κ2) is 12.7. The summed E-state index contributed by atoms with van der Waals surface area (Å²) in [4.78, 5) is 0. The van der Waals surface area contributed by atoms with Crippen molar-refractivity contribution in [2.45, 2.75) is 63.8 Å². The molecule has 14 heteroatoms. The van der Waals surface area contributed by atoms with Gasteiger partial charge in [0.25, 0.3) is 0 Å². The molecular formula is C15H40O9Si5. The van der Waals surface area contributed by atoms with E-state index in [9.17, 15) is 5.11 Å². The molecule has 3 unspecified atom stereocenters. The van der Waals surface area contributed by atoms with E-state index in [2.05, 4.69) is 13.1 Å². The molecule has 1 rings (SSSR count). The highest BCUT2D eigenvalue weighted by Crippen LogP contribution is 2.29. The van der Waals surface area contributed by atoms with Gasteiger partial charge in [0.15, 0.2) is 0 Å². The summed E-state index contributed by atoms with van der Waals surface area (Å²) in [7, 11) is -6.54. The molecule has 1 aliphatic rings. The molecule has 0 saturated carbocycles. The first-order chi connectivity index (χ1) is 13.5.